The van der Waals surface area contributed by atoms with E-state index in [1.165, 1.54) is 18.3 Å². The Bertz CT molecular complexity index is 804. The van der Waals surface area contributed by atoms with Gasteiger partial charge in [-0.1, -0.05) is 30.2 Å². The average molecular weight is 371 g/mol. The summed E-state index contributed by atoms with van der Waals surface area (Å²) >= 11 is 0. The SMILES string of the molecule is COC(=O)[C@@H]1C[C@@]23C4=C(CC[C@@H]5CN6C[C@@H](C)[C@@H](C=C[C@@]52O)[C@]63O)CC[C@@H]41. The van der Waals surface area contributed by atoms with Crippen molar-refractivity contribution in [3.63, 3.8) is 0 Å². The fraction of sp³-hybridized carbons (Fsp3) is 0.773. The van der Waals surface area contributed by atoms with Crippen LogP contribution >= 0.6 is 0 Å². The minimum atomic E-state index is -1.09. The van der Waals surface area contributed by atoms with Gasteiger partial charge in [0.2, 0.25) is 0 Å². The lowest BCUT2D eigenvalue weighted by molar-refractivity contribution is -0.284. The third kappa shape index (κ3) is 1.53. The quantitative estimate of drug-likeness (QED) is 0.544. The topological polar surface area (TPSA) is 70.0 Å². The molecular weight excluding hydrogens is 342 g/mol. The highest BCUT2D eigenvalue weighted by Crippen LogP contribution is 2.75. The van der Waals surface area contributed by atoms with Gasteiger partial charge in [-0.2, -0.15) is 0 Å². The summed E-state index contributed by atoms with van der Waals surface area (Å²) in [5, 5.41) is 24.6. The lowest BCUT2D eigenvalue weighted by atomic mass is 9.49. The van der Waals surface area contributed by atoms with Gasteiger partial charge < -0.3 is 14.9 Å². The first-order valence-electron chi connectivity index (χ1n) is 10.6. The van der Waals surface area contributed by atoms with Gasteiger partial charge in [0.05, 0.1) is 18.4 Å². The van der Waals surface area contributed by atoms with Crippen molar-refractivity contribution in [3.8, 4) is 0 Å². The zero-order valence-corrected chi connectivity index (χ0v) is 16.1. The molecule has 6 aliphatic rings. The van der Waals surface area contributed by atoms with Crippen molar-refractivity contribution in [1.29, 1.82) is 0 Å². The fourth-order valence-electron chi connectivity index (χ4n) is 8.40. The summed E-state index contributed by atoms with van der Waals surface area (Å²) in [5.41, 5.74) is -0.280. The number of carbonyl (C=O) groups excluding carboxylic acids is 1. The molecule has 3 fully saturated rings. The molecule has 5 nitrogen and oxygen atoms in total. The third-order valence-electron chi connectivity index (χ3n) is 9.28. The van der Waals surface area contributed by atoms with Gasteiger partial charge in [-0.15, -0.1) is 0 Å². The van der Waals surface area contributed by atoms with Crippen molar-refractivity contribution in [2.24, 2.45) is 35.0 Å². The molecule has 5 heteroatoms. The van der Waals surface area contributed by atoms with Crippen LogP contribution < -0.4 is 0 Å². The maximum atomic E-state index is 12.7. The number of hydrogen-bond acceptors (Lipinski definition) is 5. The normalized spacial score (nSPS) is 54.9. The Morgan fingerprint density at radius 3 is 2.81 bits per heavy atom. The Kier molecular flexibility index (Phi) is 3.02. The molecule has 0 aromatic rings. The summed E-state index contributed by atoms with van der Waals surface area (Å²) in [6, 6.07) is 0. The number of nitrogens with zero attached hydrogens (tertiary/aromatic N) is 1. The van der Waals surface area contributed by atoms with Gasteiger partial charge in [-0.25, -0.2) is 0 Å². The summed E-state index contributed by atoms with van der Waals surface area (Å²) in [6.45, 7) is 3.81. The monoisotopic (exact) mass is 371 g/mol. The van der Waals surface area contributed by atoms with Gasteiger partial charge in [-0.3, -0.25) is 9.69 Å². The molecule has 1 saturated carbocycles. The van der Waals surface area contributed by atoms with Gasteiger partial charge in [0.15, 0.2) is 0 Å². The highest BCUT2D eigenvalue weighted by Gasteiger charge is 2.80. The molecule has 1 spiro atoms. The number of methoxy groups -OCH3 is 1. The molecule has 8 atom stereocenters. The van der Waals surface area contributed by atoms with Crippen LogP contribution in [0.2, 0.25) is 0 Å². The number of piperidine rings is 1. The maximum Gasteiger partial charge on any atom is 0.309 e. The molecule has 2 aliphatic heterocycles. The van der Waals surface area contributed by atoms with Crippen molar-refractivity contribution in [1.82, 2.24) is 4.90 Å². The second-order valence-corrected chi connectivity index (χ2v) is 9.96. The first kappa shape index (κ1) is 16.8. The molecule has 2 heterocycles. The first-order chi connectivity index (χ1) is 12.9. The van der Waals surface area contributed by atoms with Crippen LogP contribution in [0.15, 0.2) is 23.3 Å². The third-order valence-corrected chi connectivity index (χ3v) is 9.28. The molecule has 0 radical (unpaired) electrons. The lowest BCUT2D eigenvalue weighted by Gasteiger charge is -2.65. The van der Waals surface area contributed by atoms with Crippen LogP contribution in [0.4, 0.5) is 0 Å². The van der Waals surface area contributed by atoms with Crippen LogP contribution in [0.1, 0.15) is 39.0 Å². The Balaban J connectivity index is 1.67. The second-order valence-electron chi connectivity index (χ2n) is 9.96. The van der Waals surface area contributed by atoms with Crippen LogP contribution in [-0.4, -0.2) is 52.6 Å². The smallest absolute Gasteiger partial charge is 0.309 e. The molecule has 0 aromatic heterocycles. The summed E-state index contributed by atoms with van der Waals surface area (Å²) in [7, 11) is 1.46. The molecule has 2 N–H and O–H groups in total. The van der Waals surface area contributed by atoms with Crippen LogP contribution in [0.5, 0.6) is 0 Å². The van der Waals surface area contributed by atoms with E-state index in [0.717, 1.165) is 38.8 Å². The molecule has 4 aliphatic carbocycles. The molecule has 27 heavy (non-hydrogen) atoms. The number of hydrogen-bond donors (Lipinski definition) is 2. The molecule has 6 rings (SSSR count). The Morgan fingerprint density at radius 1 is 1.26 bits per heavy atom. The number of rotatable bonds is 1. The van der Waals surface area contributed by atoms with Crippen molar-refractivity contribution < 1.29 is 19.7 Å². The van der Waals surface area contributed by atoms with E-state index in [1.54, 1.807) is 0 Å². The Hall–Kier alpha value is -1.17. The zero-order valence-electron chi connectivity index (χ0n) is 16.1. The minimum Gasteiger partial charge on any atom is -0.469 e. The molecule has 0 aromatic carbocycles. The number of esters is 1. The fourth-order valence-corrected chi connectivity index (χ4v) is 8.40. The van der Waals surface area contributed by atoms with Crippen LogP contribution in [0, 0.1) is 35.0 Å². The van der Waals surface area contributed by atoms with E-state index in [4.69, 9.17) is 4.74 Å². The van der Waals surface area contributed by atoms with E-state index in [0.29, 0.717) is 12.3 Å². The van der Waals surface area contributed by atoms with E-state index in [9.17, 15) is 15.0 Å². The highest BCUT2D eigenvalue weighted by atomic mass is 16.5. The van der Waals surface area contributed by atoms with Crippen LogP contribution in [0.3, 0.4) is 0 Å². The van der Waals surface area contributed by atoms with Crippen molar-refractivity contribution >= 4 is 5.97 Å². The van der Waals surface area contributed by atoms with Gasteiger partial charge in [0, 0.05) is 24.9 Å². The molecule has 0 unspecified atom stereocenters. The average Bonchev–Trinajstić information content (AvgIpc) is 3.26. The van der Waals surface area contributed by atoms with Crippen LogP contribution in [0.25, 0.3) is 0 Å². The summed E-state index contributed by atoms with van der Waals surface area (Å²) in [6.07, 6.45) is 8.53. The number of carbonyl (C=O) groups is 1. The van der Waals surface area contributed by atoms with Gasteiger partial charge in [-0.05, 0) is 43.9 Å². The van der Waals surface area contributed by atoms with Crippen LogP contribution in [-0.2, 0) is 9.53 Å². The zero-order chi connectivity index (χ0) is 18.8. The largest absolute Gasteiger partial charge is 0.469 e. The van der Waals surface area contributed by atoms with Crippen molar-refractivity contribution in [2.75, 3.05) is 20.2 Å². The molecule has 146 valence electrons. The minimum absolute atomic E-state index is 0.00298. The van der Waals surface area contributed by atoms with Gasteiger partial charge in [0.1, 0.15) is 11.3 Å². The Labute approximate surface area is 160 Å². The summed E-state index contributed by atoms with van der Waals surface area (Å²) in [5.74, 6) is 0.130. The lowest BCUT2D eigenvalue weighted by Crippen LogP contribution is -2.76. The highest BCUT2D eigenvalue weighted by molar-refractivity contribution is 5.75. The van der Waals surface area contributed by atoms with E-state index < -0.39 is 16.7 Å². The van der Waals surface area contributed by atoms with Gasteiger partial charge >= 0.3 is 5.97 Å². The standard InChI is InChI=1S/C22H29NO4/c1-12-10-23-11-14-5-3-13-4-6-15-16(19(24)27-2)9-20(18(13)15)21(14,25)8-7-17(12)22(20,23)26/h7-8,12,14-17,25-26H,3-6,9-11H2,1-2H3/t12-,14-,15-,16-,17-,20-,21-,22-/m1/s1. The summed E-state index contributed by atoms with van der Waals surface area (Å²) in [4.78, 5) is 15.0. The first-order valence-corrected chi connectivity index (χ1v) is 10.6. The van der Waals surface area contributed by atoms with E-state index in [1.807, 2.05) is 6.08 Å². The van der Waals surface area contributed by atoms with E-state index >= 15 is 0 Å². The number of aliphatic hydroxyl groups is 2. The number of ether oxygens (including phenoxy) is 1. The molecule has 0 amide bonds. The number of allylic oxidation sites excluding steroid dienone is 1. The predicted molar refractivity (Wildman–Crippen MR) is 98.3 cm³/mol. The van der Waals surface area contributed by atoms with E-state index in [2.05, 4.69) is 17.9 Å². The van der Waals surface area contributed by atoms with E-state index in [-0.39, 0.29) is 29.6 Å². The molecule has 2 saturated heterocycles. The molecule has 4 bridgehead atoms. The summed E-state index contributed by atoms with van der Waals surface area (Å²) < 4.78 is 5.18. The molecular formula is C22H29NO4. The van der Waals surface area contributed by atoms with Gasteiger partial charge in [0.25, 0.3) is 0 Å². The predicted octanol–water partition coefficient (Wildman–Crippen LogP) is 1.85. The maximum absolute atomic E-state index is 12.7. The Morgan fingerprint density at radius 2 is 2.04 bits per heavy atom. The second kappa shape index (κ2) is 4.87. The van der Waals surface area contributed by atoms with Crippen molar-refractivity contribution in [3.05, 3.63) is 23.3 Å². The van der Waals surface area contributed by atoms with Crippen molar-refractivity contribution in [2.45, 2.75) is 50.4 Å².